The molecule has 3 rings (SSSR count). The number of carbonyl (C=O) groups is 1. The summed E-state index contributed by atoms with van der Waals surface area (Å²) in [7, 11) is 0. The quantitative estimate of drug-likeness (QED) is 0.628. The summed E-state index contributed by atoms with van der Waals surface area (Å²) in [5.74, 6) is 1.23. The number of amides is 1. The first kappa shape index (κ1) is 18.6. The van der Waals surface area contributed by atoms with Crippen molar-refractivity contribution >= 4 is 17.7 Å². The number of aromatic nitrogens is 4. The van der Waals surface area contributed by atoms with E-state index in [1.165, 1.54) is 0 Å². The van der Waals surface area contributed by atoms with Gasteiger partial charge in [0, 0.05) is 30.4 Å². The van der Waals surface area contributed by atoms with Crippen molar-refractivity contribution in [2.75, 3.05) is 17.2 Å². The number of benzene rings is 1. The monoisotopic (exact) mass is 364 g/mol. The van der Waals surface area contributed by atoms with Crippen LogP contribution in [0.5, 0.6) is 0 Å². The van der Waals surface area contributed by atoms with Crippen LogP contribution in [-0.2, 0) is 4.79 Å². The van der Waals surface area contributed by atoms with Gasteiger partial charge >= 0.3 is 0 Å². The normalized spacial score (nSPS) is 10.6. The minimum Gasteiger partial charge on any atom is -0.354 e. The predicted molar refractivity (Wildman–Crippen MR) is 106 cm³/mol. The van der Waals surface area contributed by atoms with Crippen molar-refractivity contribution < 1.29 is 4.79 Å². The van der Waals surface area contributed by atoms with Gasteiger partial charge in [0.15, 0.2) is 0 Å². The number of anilines is 2. The molecule has 7 heteroatoms. The molecule has 0 spiro atoms. The van der Waals surface area contributed by atoms with E-state index in [4.69, 9.17) is 0 Å². The van der Waals surface area contributed by atoms with Gasteiger partial charge in [0.1, 0.15) is 5.82 Å². The summed E-state index contributed by atoms with van der Waals surface area (Å²) in [5, 5.41) is 10.6. The average molecular weight is 364 g/mol. The molecular weight excluding hydrogens is 340 g/mol. The third-order valence-electron chi connectivity index (χ3n) is 3.95. The topological polar surface area (TPSA) is 84.7 Å². The van der Waals surface area contributed by atoms with Crippen molar-refractivity contribution in [3.63, 3.8) is 0 Å². The van der Waals surface area contributed by atoms with Crippen LogP contribution in [0.25, 0.3) is 5.69 Å². The third kappa shape index (κ3) is 5.13. The van der Waals surface area contributed by atoms with E-state index in [-0.39, 0.29) is 5.91 Å². The Morgan fingerprint density at radius 3 is 2.41 bits per heavy atom. The maximum Gasteiger partial charge on any atom is 0.225 e. The molecule has 0 saturated heterocycles. The Bertz CT molecular complexity index is 899. The minimum atomic E-state index is -0.0461. The maximum absolute atomic E-state index is 12.3. The van der Waals surface area contributed by atoms with Gasteiger partial charge in [-0.25, -0.2) is 14.6 Å². The number of para-hydroxylation sites is 1. The van der Waals surface area contributed by atoms with Gasteiger partial charge in [0.25, 0.3) is 0 Å². The molecule has 2 N–H and O–H groups in total. The van der Waals surface area contributed by atoms with Crippen LogP contribution >= 0.6 is 0 Å². The number of nitrogens with zero attached hydrogens (tertiary/aromatic N) is 4. The summed E-state index contributed by atoms with van der Waals surface area (Å²) in [6.07, 6.45) is 1.08. The zero-order valence-electron chi connectivity index (χ0n) is 15.9. The smallest absolute Gasteiger partial charge is 0.225 e. The van der Waals surface area contributed by atoms with Gasteiger partial charge in [-0.3, -0.25) is 4.79 Å². The second-order valence-electron chi connectivity index (χ2n) is 6.47. The summed E-state index contributed by atoms with van der Waals surface area (Å²) in [5.41, 5.74) is 3.61. The molecule has 7 nitrogen and oxygen atoms in total. The van der Waals surface area contributed by atoms with Crippen LogP contribution in [0.1, 0.15) is 29.9 Å². The van der Waals surface area contributed by atoms with E-state index in [1.807, 2.05) is 63.2 Å². The number of hydrogen-bond acceptors (Lipinski definition) is 5. The molecule has 0 unspecified atom stereocenters. The van der Waals surface area contributed by atoms with Gasteiger partial charge in [-0.1, -0.05) is 18.2 Å². The average Bonchev–Trinajstić information content (AvgIpc) is 2.99. The molecule has 0 fully saturated rings. The molecule has 1 aromatic carbocycles. The zero-order chi connectivity index (χ0) is 19.2. The highest BCUT2D eigenvalue weighted by atomic mass is 16.1. The van der Waals surface area contributed by atoms with Crippen LogP contribution < -0.4 is 10.6 Å². The SMILES string of the molecule is Cc1cc(C)nc(NCCCC(=O)Nc2cc(C)nn2-c2ccccc2)n1. The molecule has 140 valence electrons. The molecule has 2 aromatic heterocycles. The molecule has 0 aliphatic carbocycles. The lowest BCUT2D eigenvalue weighted by Crippen LogP contribution is -2.16. The van der Waals surface area contributed by atoms with E-state index in [1.54, 1.807) is 4.68 Å². The fourth-order valence-electron chi connectivity index (χ4n) is 2.81. The Morgan fingerprint density at radius 1 is 1.00 bits per heavy atom. The molecule has 1 amide bonds. The Kier molecular flexibility index (Phi) is 5.80. The molecular formula is C20H24N6O. The number of hydrogen-bond donors (Lipinski definition) is 2. The number of aryl methyl sites for hydroxylation is 3. The lowest BCUT2D eigenvalue weighted by molar-refractivity contribution is -0.116. The highest BCUT2D eigenvalue weighted by molar-refractivity contribution is 5.90. The van der Waals surface area contributed by atoms with Crippen molar-refractivity contribution in [1.82, 2.24) is 19.7 Å². The summed E-state index contributed by atoms with van der Waals surface area (Å²) in [6.45, 7) is 6.41. The number of nitrogens with one attached hydrogen (secondary N) is 2. The van der Waals surface area contributed by atoms with Crippen molar-refractivity contribution in [2.24, 2.45) is 0 Å². The fraction of sp³-hybridized carbons (Fsp3) is 0.300. The molecule has 0 aliphatic heterocycles. The Labute approximate surface area is 158 Å². The van der Waals surface area contributed by atoms with E-state index in [0.717, 1.165) is 22.8 Å². The third-order valence-corrected chi connectivity index (χ3v) is 3.95. The lowest BCUT2D eigenvalue weighted by atomic mass is 10.3. The van der Waals surface area contributed by atoms with E-state index in [2.05, 4.69) is 25.7 Å². The van der Waals surface area contributed by atoms with Gasteiger partial charge in [-0.15, -0.1) is 0 Å². The Morgan fingerprint density at radius 2 is 1.70 bits per heavy atom. The van der Waals surface area contributed by atoms with E-state index in [0.29, 0.717) is 31.2 Å². The van der Waals surface area contributed by atoms with Crippen molar-refractivity contribution in [3.05, 3.63) is 59.5 Å². The van der Waals surface area contributed by atoms with Crippen LogP contribution in [0.15, 0.2) is 42.5 Å². The molecule has 0 radical (unpaired) electrons. The highest BCUT2D eigenvalue weighted by Gasteiger charge is 2.10. The van der Waals surface area contributed by atoms with Gasteiger partial charge in [-0.2, -0.15) is 5.10 Å². The number of rotatable bonds is 7. The first-order valence-electron chi connectivity index (χ1n) is 8.99. The Balaban J connectivity index is 1.53. The van der Waals surface area contributed by atoms with E-state index < -0.39 is 0 Å². The van der Waals surface area contributed by atoms with Crippen LogP contribution in [0.4, 0.5) is 11.8 Å². The lowest BCUT2D eigenvalue weighted by Gasteiger charge is -2.09. The maximum atomic E-state index is 12.3. The number of carbonyl (C=O) groups excluding carboxylic acids is 1. The zero-order valence-corrected chi connectivity index (χ0v) is 15.9. The van der Waals surface area contributed by atoms with Crippen molar-refractivity contribution in [1.29, 1.82) is 0 Å². The molecule has 2 heterocycles. The summed E-state index contributed by atoms with van der Waals surface area (Å²) in [4.78, 5) is 21.0. The van der Waals surface area contributed by atoms with E-state index >= 15 is 0 Å². The van der Waals surface area contributed by atoms with Crippen LogP contribution in [0.3, 0.4) is 0 Å². The summed E-state index contributed by atoms with van der Waals surface area (Å²) < 4.78 is 1.74. The van der Waals surface area contributed by atoms with Crippen molar-refractivity contribution in [3.8, 4) is 5.69 Å². The summed E-state index contributed by atoms with van der Waals surface area (Å²) >= 11 is 0. The first-order chi connectivity index (χ1) is 13.0. The largest absolute Gasteiger partial charge is 0.354 e. The molecule has 0 aliphatic rings. The second-order valence-corrected chi connectivity index (χ2v) is 6.47. The van der Waals surface area contributed by atoms with Crippen molar-refractivity contribution in [2.45, 2.75) is 33.6 Å². The predicted octanol–water partition coefficient (Wildman–Crippen LogP) is 3.42. The van der Waals surface area contributed by atoms with E-state index in [9.17, 15) is 4.79 Å². The molecule has 27 heavy (non-hydrogen) atoms. The van der Waals surface area contributed by atoms with Gasteiger partial charge < -0.3 is 10.6 Å². The molecule has 3 aromatic rings. The minimum absolute atomic E-state index is 0.0461. The van der Waals surface area contributed by atoms with Crippen LogP contribution in [0.2, 0.25) is 0 Å². The fourth-order valence-corrected chi connectivity index (χ4v) is 2.81. The van der Waals surface area contributed by atoms with Crippen LogP contribution in [-0.4, -0.2) is 32.2 Å². The molecule has 0 bridgehead atoms. The first-order valence-corrected chi connectivity index (χ1v) is 8.99. The van der Waals surface area contributed by atoms with Gasteiger partial charge in [0.05, 0.1) is 11.4 Å². The molecule has 0 atom stereocenters. The highest BCUT2D eigenvalue weighted by Crippen LogP contribution is 2.17. The molecule has 0 saturated carbocycles. The van der Waals surface area contributed by atoms with Gasteiger partial charge in [-0.05, 0) is 45.4 Å². The second kappa shape index (κ2) is 8.44. The van der Waals surface area contributed by atoms with Crippen LogP contribution in [0, 0.1) is 20.8 Å². The summed E-state index contributed by atoms with van der Waals surface area (Å²) in [6, 6.07) is 13.5. The van der Waals surface area contributed by atoms with Gasteiger partial charge in [0.2, 0.25) is 11.9 Å². The standard InChI is InChI=1S/C20H24N6O/c1-14-12-15(2)23-20(22-14)21-11-7-10-19(27)24-18-13-16(3)25-26(18)17-8-5-4-6-9-17/h4-6,8-9,12-13H,7,10-11H2,1-3H3,(H,24,27)(H,21,22,23). The Hall–Kier alpha value is -3.22.